The Kier molecular flexibility index (Phi) is 5.10. The van der Waals surface area contributed by atoms with Crippen LogP contribution in [0.25, 0.3) is 0 Å². The van der Waals surface area contributed by atoms with Gasteiger partial charge in [0.25, 0.3) is 5.91 Å². The Morgan fingerprint density at radius 1 is 1.50 bits per heavy atom. The van der Waals surface area contributed by atoms with Gasteiger partial charge in [0, 0.05) is 19.6 Å². The van der Waals surface area contributed by atoms with Gasteiger partial charge in [-0.05, 0) is 6.92 Å². The standard InChI is InChI=1S/C13H14F2N4O3/c1-7(13-18-10(19-22-13)3-4-21-2)17-12(20)11-9(15)5-8(14)6-16-11/h5-7H,3-4H2,1-2H3,(H,17,20). The van der Waals surface area contributed by atoms with Crippen molar-refractivity contribution in [2.45, 2.75) is 19.4 Å². The van der Waals surface area contributed by atoms with E-state index < -0.39 is 29.3 Å². The maximum atomic E-state index is 13.5. The number of carbonyl (C=O) groups excluding carboxylic acids is 1. The molecule has 0 spiro atoms. The van der Waals surface area contributed by atoms with Gasteiger partial charge in [-0.3, -0.25) is 4.79 Å². The van der Waals surface area contributed by atoms with Crippen LogP contribution in [0.4, 0.5) is 8.78 Å². The Morgan fingerprint density at radius 2 is 2.27 bits per heavy atom. The topological polar surface area (TPSA) is 90.1 Å². The first-order valence-corrected chi connectivity index (χ1v) is 6.44. The second-order valence-electron chi connectivity index (χ2n) is 4.47. The van der Waals surface area contributed by atoms with Crippen LogP contribution in [0.1, 0.15) is 35.2 Å². The van der Waals surface area contributed by atoms with Crippen LogP contribution in [0.2, 0.25) is 0 Å². The zero-order valence-corrected chi connectivity index (χ0v) is 12.0. The molecule has 0 aromatic carbocycles. The van der Waals surface area contributed by atoms with E-state index >= 15 is 0 Å². The van der Waals surface area contributed by atoms with Gasteiger partial charge in [-0.25, -0.2) is 13.8 Å². The third-order valence-electron chi connectivity index (χ3n) is 2.75. The van der Waals surface area contributed by atoms with Crippen LogP contribution >= 0.6 is 0 Å². The Morgan fingerprint density at radius 3 is 2.95 bits per heavy atom. The molecule has 0 bridgehead atoms. The zero-order chi connectivity index (χ0) is 16.1. The van der Waals surface area contributed by atoms with Gasteiger partial charge in [0.05, 0.1) is 12.8 Å². The van der Waals surface area contributed by atoms with Crippen LogP contribution in [0.5, 0.6) is 0 Å². The SMILES string of the molecule is COCCc1noc(C(C)NC(=O)c2ncc(F)cc2F)n1. The maximum absolute atomic E-state index is 13.5. The fourth-order valence-corrected chi connectivity index (χ4v) is 1.65. The molecule has 0 radical (unpaired) electrons. The van der Waals surface area contributed by atoms with Gasteiger partial charge in [0.1, 0.15) is 11.9 Å². The van der Waals surface area contributed by atoms with Crippen molar-refractivity contribution in [1.29, 1.82) is 0 Å². The van der Waals surface area contributed by atoms with E-state index in [2.05, 4.69) is 20.4 Å². The van der Waals surface area contributed by atoms with Crippen molar-refractivity contribution in [3.8, 4) is 0 Å². The van der Waals surface area contributed by atoms with Gasteiger partial charge < -0.3 is 14.6 Å². The summed E-state index contributed by atoms with van der Waals surface area (Å²) in [5, 5.41) is 6.18. The van der Waals surface area contributed by atoms with E-state index in [1.807, 2.05) is 0 Å². The summed E-state index contributed by atoms with van der Waals surface area (Å²) >= 11 is 0. The van der Waals surface area contributed by atoms with E-state index in [1.165, 1.54) is 0 Å². The maximum Gasteiger partial charge on any atom is 0.273 e. The number of aromatic nitrogens is 3. The summed E-state index contributed by atoms with van der Waals surface area (Å²) in [5.41, 5.74) is -0.507. The second kappa shape index (κ2) is 7.03. The lowest BCUT2D eigenvalue weighted by Gasteiger charge is -2.09. The van der Waals surface area contributed by atoms with E-state index in [1.54, 1.807) is 14.0 Å². The lowest BCUT2D eigenvalue weighted by atomic mass is 10.2. The number of pyridine rings is 1. The number of amides is 1. The second-order valence-corrected chi connectivity index (χ2v) is 4.47. The number of halogens is 2. The molecule has 0 aliphatic carbocycles. The molecule has 0 saturated heterocycles. The van der Waals surface area contributed by atoms with E-state index in [-0.39, 0.29) is 5.89 Å². The predicted molar refractivity (Wildman–Crippen MR) is 69.9 cm³/mol. The number of nitrogens with zero attached hydrogens (tertiary/aromatic N) is 3. The molecule has 22 heavy (non-hydrogen) atoms. The molecule has 9 heteroatoms. The van der Waals surface area contributed by atoms with Gasteiger partial charge in [0.15, 0.2) is 17.3 Å². The number of methoxy groups -OCH3 is 1. The summed E-state index contributed by atoms with van der Waals surface area (Å²) in [6, 6.07) is -0.0650. The molecule has 0 aliphatic rings. The third-order valence-corrected chi connectivity index (χ3v) is 2.75. The zero-order valence-electron chi connectivity index (χ0n) is 12.0. The lowest BCUT2D eigenvalue weighted by molar-refractivity contribution is 0.0922. The molecule has 2 aromatic heterocycles. The molecular weight excluding hydrogens is 298 g/mol. The number of nitrogens with one attached hydrogen (secondary N) is 1. The Hall–Kier alpha value is -2.42. The Balaban J connectivity index is 2.03. The van der Waals surface area contributed by atoms with E-state index in [0.29, 0.717) is 24.9 Å². The normalized spacial score (nSPS) is 12.2. The molecule has 1 N–H and O–H groups in total. The van der Waals surface area contributed by atoms with Crippen LogP contribution in [0.15, 0.2) is 16.8 Å². The van der Waals surface area contributed by atoms with Crippen LogP contribution in [0.3, 0.4) is 0 Å². The predicted octanol–water partition coefficient (Wildman–Crippen LogP) is 1.42. The Labute approximate surface area is 124 Å². The van der Waals surface area contributed by atoms with Gasteiger partial charge in [-0.2, -0.15) is 4.98 Å². The van der Waals surface area contributed by atoms with Gasteiger partial charge >= 0.3 is 0 Å². The monoisotopic (exact) mass is 312 g/mol. The molecule has 2 heterocycles. The van der Waals surface area contributed by atoms with Crippen molar-refractivity contribution in [2.75, 3.05) is 13.7 Å². The van der Waals surface area contributed by atoms with Crippen molar-refractivity contribution in [2.24, 2.45) is 0 Å². The van der Waals surface area contributed by atoms with Crippen molar-refractivity contribution in [3.05, 3.63) is 41.3 Å². The third kappa shape index (κ3) is 3.82. The van der Waals surface area contributed by atoms with Crippen molar-refractivity contribution in [1.82, 2.24) is 20.4 Å². The summed E-state index contributed by atoms with van der Waals surface area (Å²) in [5.74, 6) is -2.11. The fourth-order valence-electron chi connectivity index (χ4n) is 1.65. The summed E-state index contributed by atoms with van der Waals surface area (Å²) in [6.07, 6.45) is 1.23. The molecule has 2 rings (SSSR count). The highest BCUT2D eigenvalue weighted by Gasteiger charge is 2.20. The first-order chi connectivity index (χ1) is 10.5. The average molecular weight is 312 g/mol. The number of carbonyl (C=O) groups is 1. The highest BCUT2D eigenvalue weighted by Crippen LogP contribution is 2.12. The number of hydrogen-bond acceptors (Lipinski definition) is 6. The molecule has 7 nitrogen and oxygen atoms in total. The summed E-state index contributed by atoms with van der Waals surface area (Å²) < 4.78 is 36.1. The van der Waals surface area contributed by atoms with Crippen molar-refractivity contribution < 1.29 is 22.8 Å². The molecule has 2 aromatic rings. The minimum Gasteiger partial charge on any atom is -0.384 e. The molecule has 0 fully saturated rings. The smallest absolute Gasteiger partial charge is 0.273 e. The molecule has 1 atom stereocenters. The first-order valence-electron chi connectivity index (χ1n) is 6.44. The first kappa shape index (κ1) is 16.0. The van der Waals surface area contributed by atoms with Gasteiger partial charge in [-0.15, -0.1) is 0 Å². The van der Waals surface area contributed by atoms with E-state index in [9.17, 15) is 13.6 Å². The summed E-state index contributed by atoms with van der Waals surface area (Å²) in [7, 11) is 1.55. The van der Waals surface area contributed by atoms with Crippen molar-refractivity contribution >= 4 is 5.91 Å². The quantitative estimate of drug-likeness (QED) is 0.867. The molecule has 1 amide bonds. The molecule has 1 unspecified atom stereocenters. The number of hydrogen-bond donors (Lipinski definition) is 1. The fraction of sp³-hybridized carbons (Fsp3) is 0.385. The van der Waals surface area contributed by atoms with E-state index in [0.717, 1.165) is 6.20 Å². The number of ether oxygens (including phenoxy) is 1. The largest absolute Gasteiger partial charge is 0.384 e. The van der Waals surface area contributed by atoms with Crippen LogP contribution < -0.4 is 5.32 Å². The van der Waals surface area contributed by atoms with Gasteiger partial charge in [0.2, 0.25) is 5.89 Å². The van der Waals surface area contributed by atoms with Crippen molar-refractivity contribution in [3.63, 3.8) is 0 Å². The van der Waals surface area contributed by atoms with E-state index in [4.69, 9.17) is 9.26 Å². The van der Waals surface area contributed by atoms with Crippen LogP contribution in [-0.4, -0.2) is 34.7 Å². The molecular formula is C13H14F2N4O3. The number of rotatable bonds is 6. The lowest BCUT2D eigenvalue weighted by Crippen LogP contribution is -2.28. The highest BCUT2D eigenvalue weighted by atomic mass is 19.1. The summed E-state index contributed by atoms with van der Waals surface area (Å²) in [4.78, 5) is 19.4. The minimum atomic E-state index is -1.05. The van der Waals surface area contributed by atoms with Crippen LogP contribution in [0, 0.1) is 11.6 Å². The minimum absolute atomic E-state index is 0.168. The molecule has 0 aliphatic heterocycles. The average Bonchev–Trinajstić information content (AvgIpc) is 2.93. The Bertz CT molecular complexity index is 662. The molecule has 118 valence electrons. The highest BCUT2D eigenvalue weighted by molar-refractivity contribution is 5.92. The van der Waals surface area contributed by atoms with Crippen LogP contribution in [-0.2, 0) is 11.2 Å². The molecule has 0 saturated carbocycles. The summed E-state index contributed by atoms with van der Waals surface area (Å²) in [6.45, 7) is 2.03. The van der Waals surface area contributed by atoms with Gasteiger partial charge in [-0.1, -0.05) is 5.16 Å².